The molecule has 1 unspecified atom stereocenters. The maximum absolute atomic E-state index is 11.2. The first-order valence-electron chi connectivity index (χ1n) is 4.19. The maximum Gasteiger partial charge on any atom is 0.303 e. The van der Waals surface area contributed by atoms with Gasteiger partial charge in [-0.3, -0.25) is 4.79 Å². The Bertz CT molecular complexity index is 482. The summed E-state index contributed by atoms with van der Waals surface area (Å²) in [5.74, 6) is -0.559. The Kier molecular flexibility index (Phi) is 4.31. The molecular weight excluding hydrogens is 274 g/mol. The minimum atomic E-state index is -3.81. The number of nitrogens with two attached hydrogens (primary N) is 1. The second kappa shape index (κ2) is 5.13. The standard InChI is InChI=1S/C8H10ClNO4S2/c1-5(11)14-7(4-9)6-2-3-15-8(6)16(10,12)13/h2-3,7H,4H2,1H3,(H2,10,12,13). The van der Waals surface area contributed by atoms with Crippen molar-refractivity contribution in [3.8, 4) is 0 Å². The predicted octanol–water partition coefficient (Wildman–Crippen LogP) is 1.24. The van der Waals surface area contributed by atoms with E-state index in [4.69, 9.17) is 21.5 Å². The van der Waals surface area contributed by atoms with Gasteiger partial charge in [-0.15, -0.1) is 22.9 Å². The summed E-state index contributed by atoms with van der Waals surface area (Å²) in [5.41, 5.74) is 0.317. The highest BCUT2D eigenvalue weighted by Crippen LogP contribution is 2.30. The molecule has 0 radical (unpaired) electrons. The molecule has 0 spiro atoms. The molecule has 0 saturated heterocycles. The zero-order chi connectivity index (χ0) is 12.3. The van der Waals surface area contributed by atoms with Gasteiger partial charge in [0.1, 0.15) is 10.3 Å². The van der Waals surface area contributed by atoms with Crippen LogP contribution in [0, 0.1) is 0 Å². The van der Waals surface area contributed by atoms with E-state index in [1.807, 2.05) is 0 Å². The van der Waals surface area contributed by atoms with Crippen molar-refractivity contribution < 1.29 is 17.9 Å². The molecule has 2 N–H and O–H groups in total. The van der Waals surface area contributed by atoms with Gasteiger partial charge in [-0.1, -0.05) is 0 Å². The number of halogens is 1. The van der Waals surface area contributed by atoms with Crippen LogP contribution >= 0.6 is 22.9 Å². The molecule has 0 saturated carbocycles. The number of carbonyl (C=O) groups is 1. The number of primary sulfonamides is 1. The van der Waals surface area contributed by atoms with Gasteiger partial charge in [-0.25, -0.2) is 13.6 Å². The molecule has 0 amide bonds. The van der Waals surface area contributed by atoms with Gasteiger partial charge in [0.25, 0.3) is 0 Å². The smallest absolute Gasteiger partial charge is 0.303 e. The van der Waals surface area contributed by atoms with E-state index in [-0.39, 0.29) is 10.1 Å². The zero-order valence-corrected chi connectivity index (χ0v) is 10.7. The first-order chi connectivity index (χ1) is 7.36. The Labute approximate surface area is 102 Å². The van der Waals surface area contributed by atoms with Gasteiger partial charge < -0.3 is 4.74 Å². The fourth-order valence-corrected chi connectivity index (χ4v) is 3.29. The molecule has 0 aliphatic heterocycles. The summed E-state index contributed by atoms with van der Waals surface area (Å²) in [5, 5.41) is 6.58. The van der Waals surface area contributed by atoms with Crippen LogP contribution in [-0.4, -0.2) is 20.3 Å². The molecule has 1 atom stereocenters. The van der Waals surface area contributed by atoms with E-state index in [1.165, 1.54) is 13.0 Å². The van der Waals surface area contributed by atoms with Crippen LogP contribution in [0.4, 0.5) is 0 Å². The monoisotopic (exact) mass is 283 g/mol. The Morgan fingerprint density at radius 3 is 2.75 bits per heavy atom. The summed E-state index contributed by atoms with van der Waals surface area (Å²) in [6.45, 7) is 1.22. The number of rotatable bonds is 4. The van der Waals surface area contributed by atoms with Crippen LogP contribution in [0.1, 0.15) is 18.6 Å². The fraction of sp³-hybridized carbons (Fsp3) is 0.375. The molecule has 1 heterocycles. The predicted molar refractivity (Wildman–Crippen MR) is 60.9 cm³/mol. The molecule has 0 aliphatic carbocycles. The fourth-order valence-electron chi connectivity index (χ4n) is 1.15. The summed E-state index contributed by atoms with van der Waals surface area (Å²) >= 11 is 6.58. The van der Waals surface area contributed by atoms with Gasteiger partial charge in [-0.2, -0.15) is 0 Å². The third-order valence-electron chi connectivity index (χ3n) is 1.71. The minimum Gasteiger partial charge on any atom is -0.456 e. The van der Waals surface area contributed by atoms with Crippen LogP contribution in [0.25, 0.3) is 0 Å². The summed E-state index contributed by atoms with van der Waals surface area (Å²) in [4.78, 5) is 10.8. The highest BCUT2D eigenvalue weighted by Gasteiger charge is 2.24. The minimum absolute atomic E-state index is 0.0283. The van der Waals surface area contributed by atoms with E-state index >= 15 is 0 Å². The van der Waals surface area contributed by atoms with E-state index in [1.54, 1.807) is 5.38 Å². The van der Waals surface area contributed by atoms with Crippen LogP contribution < -0.4 is 5.14 Å². The number of alkyl halides is 1. The van der Waals surface area contributed by atoms with Gasteiger partial charge in [0.15, 0.2) is 0 Å². The lowest BCUT2D eigenvalue weighted by Crippen LogP contribution is -2.16. The first kappa shape index (κ1) is 13.4. The summed E-state index contributed by atoms with van der Waals surface area (Å²) in [7, 11) is -3.81. The lowest BCUT2D eigenvalue weighted by Gasteiger charge is -2.14. The second-order valence-corrected chi connectivity index (χ2v) is 5.94. The zero-order valence-electron chi connectivity index (χ0n) is 8.34. The average molecular weight is 284 g/mol. The largest absolute Gasteiger partial charge is 0.456 e. The van der Waals surface area contributed by atoms with Gasteiger partial charge in [0.05, 0.1) is 5.88 Å². The van der Waals surface area contributed by atoms with Crippen molar-refractivity contribution in [3.05, 3.63) is 17.0 Å². The van der Waals surface area contributed by atoms with Crippen LogP contribution in [0.5, 0.6) is 0 Å². The van der Waals surface area contributed by atoms with Crippen molar-refractivity contribution in [1.29, 1.82) is 0 Å². The highest BCUT2D eigenvalue weighted by atomic mass is 35.5. The van der Waals surface area contributed by atoms with Crippen molar-refractivity contribution in [2.24, 2.45) is 5.14 Å². The number of carbonyl (C=O) groups excluding carboxylic acids is 1. The number of hydrogen-bond acceptors (Lipinski definition) is 5. The molecule has 1 rings (SSSR count). The molecule has 0 aliphatic rings. The number of thiophene rings is 1. The third-order valence-corrected chi connectivity index (χ3v) is 4.45. The van der Waals surface area contributed by atoms with Crippen molar-refractivity contribution in [3.63, 3.8) is 0 Å². The SMILES string of the molecule is CC(=O)OC(CCl)c1ccsc1S(N)(=O)=O. The molecule has 8 heteroatoms. The number of esters is 1. The van der Waals surface area contributed by atoms with Gasteiger partial charge in [-0.05, 0) is 11.4 Å². The van der Waals surface area contributed by atoms with E-state index in [2.05, 4.69) is 0 Å². The Balaban J connectivity index is 3.12. The van der Waals surface area contributed by atoms with E-state index in [0.29, 0.717) is 5.56 Å². The van der Waals surface area contributed by atoms with Gasteiger partial charge in [0.2, 0.25) is 10.0 Å². The van der Waals surface area contributed by atoms with Gasteiger partial charge >= 0.3 is 5.97 Å². The molecule has 1 aromatic rings. The molecule has 5 nitrogen and oxygen atoms in total. The molecule has 90 valence electrons. The summed E-state index contributed by atoms with van der Waals surface area (Å²) in [6.07, 6.45) is -0.793. The quantitative estimate of drug-likeness (QED) is 0.665. The lowest BCUT2D eigenvalue weighted by atomic mass is 10.2. The average Bonchev–Trinajstić information content (AvgIpc) is 2.61. The molecule has 16 heavy (non-hydrogen) atoms. The summed E-state index contributed by atoms with van der Waals surface area (Å²) in [6, 6.07) is 1.53. The molecule has 0 fully saturated rings. The van der Waals surface area contributed by atoms with Crippen LogP contribution in [0.2, 0.25) is 0 Å². The normalized spacial score (nSPS) is 13.4. The number of ether oxygens (including phenoxy) is 1. The number of sulfonamides is 1. The summed E-state index contributed by atoms with van der Waals surface area (Å²) < 4.78 is 27.3. The van der Waals surface area contributed by atoms with Crippen molar-refractivity contribution in [2.45, 2.75) is 17.2 Å². The molecular formula is C8H10ClNO4S2. The maximum atomic E-state index is 11.2. The van der Waals surface area contributed by atoms with Crippen LogP contribution in [0.3, 0.4) is 0 Å². The Hall–Kier alpha value is -0.630. The highest BCUT2D eigenvalue weighted by molar-refractivity contribution is 7.91. The van der Waals surface area contributed by atoms with Crippen LogP contribution in [0.15, 0.2) is 15.7 Å². The van der Waals surface area contributed by atoms with Crippen molar-refractivity contribution >= 4 is 38.9 Å². The van der Waals surface area contributed by atoms with Crippen molar-refractivity contribution in [2.75, 3.05) is 5.88 Å². The lowest BCUT2D eigenvalue weighted by molar-refractivity contribution is -0.145. The molecule has 1 aromatic heterocycles. The first-order valence-corrected chi connectivity index (χ1v) is 7.15. The topological polar surface area (TPSA) is 86.5 Å². The van der Waals surface area contributed by atoms with Crippen molar-refractivity contribution in [1.82, 2.24) is 0 Å². The van der Waals surface area contributed by atoms with E-state index < -0.39 is 22.1 Å². The van der Waals surface area contributed by atoms with E-state index in [0.717, 1.165) is 11.3 Å². The molecule has 0 aromatic carbocycles. The molecule has 0 bridgehead atoms. The Morgan fingerprint density at radius 1 is 1.69 bits per heavy atom. The second-order valence-electron chi connectivity index (χ2n) is 2.96. The Morgan fingerprint density at radius 2 is 2.31 bits per heavy atom. The van der Waals surface area contributed by atoms with E-state index in [9.17, 15) is 13.2 Å². The third kappa shape index (κ3) is 3.18. The van der Waals surface area contributed by atoms with Crippen LogP contribution in [-0.2, 0) is 19.6 Å². The number of hydrogen-bond donors (Lipinski definition) is 1. The van der Waals surface area contributed by atoms with Gasteiger partial charge in [0, 0.05) is 12.5 Å².